The second-order valence-corrected chi connectivity index (χ2v) is 5.86. The van der Waals surface area contributed by atoms with Crippen LogP contribution < -0.4 is 5.32 Å². The fraction of sp³-hybridized carbons (Fsp3) is 0.857. The topological polar surface area (TPSA) is 51.0 Å². The second kappa shape index (κ2) is 6.32. The van der Waals surface area contributed by atoms with Gasteiger partial charge in [-0.05, 0) is 18.8 Å². The second-order valence-electron chi connectivity index (χ2n) is 5.86. The van der Waals surface area contributed by atoms with E-state index in [1.165, 1.54) is 25.7 Å². The quantitative estimate of drug-likeness (QED) is 0.874. The van der Waals surface area contributed by atoms with E-state index in [0.29, 0.717) is 12.0 Å². The fourth-order valence-electron chi connectivity index (χ4n) is 2.52. The zero-order valence-corrected chi connectivity index (χ0v) is 11.8. The van der Waals surface area contributed by atoms with Crippen molar-refractivity contribution < 1.29 is 4.52 Å². The molecular formula is C14H25N3O. The van der Waals surface area contributed by atoms with Gasteiger partial charge in [-0.2, -0.15) is 4.98 Å². The lowest BCUT2D eigenvalue weighted by Gasteiger charge is -2.23. The lowest BCUT2D eigenvalue weighted by atomic mass is 9.83. The molecule has 0 unspecified atom stereocenters. The molecule has 1 aromatic rings. The van der Waals surface area contributed by atoms with E-state index >= 15 is 0 Å². The molecule has 1 aliphatic carbocycles. The van der Waals surface area contributed by atoms with Gasteiger partial charge >= 0.3 is 0 Å². The standard InChI is InChI=1S/C14H25N3O/c1-10(2)15-9-8-13-16-14(17-18-13)12-6-4-11(3)5-7-12/h10-12,15H,4-9H2,1-3H3. The molecule has 1 aromatic heterocycles. The SMILES string of the molecule is CC1CCC(c2noc(CCNC(C)C)n2)CC1. The smallest absolute Gasteiger partial charge is 0.227 e. The van der Waals surface area contributed by atoms with Crippen LogP contribution in [-0.4, -0.2) is 22.7 Å². The van der Waals surface area contributed by atoms with Crippen LogP contribution in [0.2, 0.25) is 0 Å². The van der Waals surface area contributed by atoms with Crippen molar-refractivity contribution in [3.05, 3.63) is 11.7 Å². The molecule has 4 nitrogen and oxygen atoms in total. The van der Waals surface area contributed by atoms with Crippen LogP contribution in [0.3, 0.4) is 0 Å². The van der Waals surface area contributed by atoms with Crippen molar-refractivity contribution in [2.75, 3.05) is 6.54 Å². The summed E-state index contributed by atoms with van der Waals surface area (Å²) in [4.78, 5) is 4.54. The zero-order valence-electron chi connectivity index (χ0n) is 11.8. The minimum absolute atomic E-state index is 0.507. The average molecular weight is 251 g/mol. The summed E-state index contributed by atoms with van der Waals surface area (Å²) in [6.45, 7) is 7.52. The Kier molecular flexibility index (Phi) is 4.75. The lowest BCUT2D eigenvalue weighted by molar-refractivity contribution is 0.323. The summed E-state index contributed by atoms with van der Waals surface area (Å²) >= 11 is 0. The Morgan fingerprint density at radius 2 is 2.00 bits per heavy atom. The van der Waals surface area contributed by atoms with Crippen molar-refractivity contribution in [3.8, 4) is 0 Å². The monoisotopic (exact) mass is 251 g/mol. The van der Waals surface area contributed by atoms with Gasteiger partial charge < -0.3 is 9.84 Å². The Bertz CT molecular complexity index is 354. The van der Waals surface area contributed by atoms with Gasteiger partial charge in [-0.1, -0.05) is 38.8 Å². The largest absolute Gasteiger partial charge is 0.339 e. The Morgan fingerprint density at radius 1 is 1.28 bits per heavy atom. The molecule has 0 saturated heterocycles. The highest BCUT2D eigenvalue weighted by Crippen LogP contribution is 2.33. The van der Waals surface area contributed by atoms with E-state index in [2.05, 4.69) is 36.2 Å². The van der Waals surface area contributed by atoms with Crippen LogP contribution in [0.25, 0.3) is 0 Å². The summed E-state index contributed by atoms with van der Waals surface area (Å²) in [6, 6.07) is 0.507. The van der Waals surface area contributed by atoms with Gasteiger partial charge in [0.25, 0.3) is 0 Å². The number of hydrogen-bond acceptors (Lipinski definition) is 4. The van der Waals surface area contributed by atoms with Gasteiger partial charge in [0.15, 0.2) is 5.82 Å². The molecule has 0 atom stereocenters. The first-order valence-electron chi connectivity index (χ1n) is 7.21. The minimum atomic E-state index is 0.507. The molecule has 1 saturated carbocycles. The van der Waals surface area contributed by atoms with Crippen molar-refractivity contribution in [2.24, 2.45) is 5.92 Å². The van der Waals surface area contributed by atoms with Crippen molar-refractivity contribution >= 4 is 0 Å². The first-order valence-corrected chi connectivity index (χ1v) is 7.21. The predicted molar refractivity (Wildman–Crippen MR) is 71.5 cm³/mol. The number of nitrogens with one attached hydrogen (secondary N) is 1. The summed E-state index contributed by atoms with van der Waals surface area (Å²) < 4.78 is 5.33. The lowest BCUT2D eigenvalue weighted by Crippen LogP contribution is -2.25. The molecule has 0 radical (unpaired) electrons. The maximum Gasteiger partial charge on any atom is 0.227 e. The third kappa shape index (κ3) is 3.80. The van der Waals surface area contributed by atoms with Gasteiger partial charge in [-0.3, -0.25) is 0 Å². The van der Waals surface area contributed by atoms with Crippen LogP contribution in [-0.2, 0) is 6.42 Å². The summed E-state index contributed by atoms with van der Waals surface area (Å²) in [7, 11) is 0. The summed E-state index contributed by atoms with van der Waals surface area (Å²) in [5.74, 6) is 3.10. The van der Waals surface area contributed by atoms with Crippen LogP contribution in [0.1, 0.15) is 64.1 Å². The summed E-state index contributed by atoms with van der Waals surface area (Å²) in [5.41, 5.74) is 0. The van der Waals surface area contributed by atoms with Gasteiger partial charge in [-0.15, -0.1) is 0 Å². The van der Waals surface area contributed by atoms with E-state index in [-0.39, 0.29) is 0 Å². The van der Waals surface area contributed by atoms with Gasteiger partial charge in [0.2, 0.25) is 5.89 Å². The molecule has 1 aliphatic rings. The molecule has 102 valence electrons. The third-order valence-corrected chi connectivity index (χ3v) is 3.76. The molecule has 0 aliphatic heterocycles. The molecule has 0 aromatic carbocycles. The molecule has 18 heavy (non-hydrogen) atoms. The number of rotatable bonds is 5. The Balaban J connectivity index is 1.82. The average Bonchev–Trinajstić information content (AvgIpc) is 2.78. The van der Waals surface area contributed by atoms with Crippen LogP contribution in [0.4, 0.5) is 0 Å². The Labute approximate surface area is 110 Å². The van der Waals surface area contributed by atoms with E-state index in [1.807, 2.05) is 0 Å². The molecule has 1 N–H and O–H groups in total. The number of aromatic nitrogens is 2. The molecular weight excluding hydrogens is 226 g/mol. The maximum absolute atomic E-state index is 5.33. The fourth-order valence-corrected chi connectivity index (χ4v) is 2.52. The van der Waals surface area contributed by atoms with Gasteiger partial charge in [0.1, 0.15) is 0 Å². The van der Waals surface area contributed by atoms with Crippen LogP contribution in [0.15, 0.2) is 4.52 Å². The van der Waals surface area contributed by atoms with Gasteiger partial charge in [0.05, 0.1) is 0 Å². The molecule has 1 heterocycles. The highest BCUT2D eigenvalue weighted by atomic mass is 16.5. The molecule has 2 rings (SSSR count). The third-order valence-electron chi connectivity index (χ3n) is 3.76. The molecule has 0 amide bonds. The normalized spacial score (nSPS) is 24.7. The highest BCUT2D eigenvalue weighted by molar-refractivity contribution is 4.97. The summed E-state index contributed by atoms with van der Waals surface area (Å²) in [5, 5.41) is 7.51. The first-order chi connectivity index (χ1) is 8.65. The zero-order chi connectivity index (χ0) is 13.0. The Hall–Kier alpha value is -0.900. The first kappa shape index (κ1) is 13.5. The maximum atomic E-state index is 5.33. The van der Waals surface area contributed by atoms with E-state index in [4.69, 9.17) is 4.52 Å². The van der Waals surface area contributed by atoms with Crippen molar-refractivity contribution in [3.63, 3.8) is 0 Å². The summed E-state index contributed by atoms with van der Waals surface area (Å²) in [6.07, 6.45) is 5.84. The minimum Gasteiger partial charge on any atom is -0.339 e. The van der Waals surface area contributed by atoms with Gasteiger partial charge in [-0.25, -0.2) is 0 Å². The van der Waals surface area contributed by atoms with Crippen LogP contribution >= 0.6 is 0 Å². The van der Waals surface area contributed by atoms with Crippen molar-refractivity contribution in [1.29, 1.82) is 0 Å². The van der Waals surface area contributed by atoms with Crippen molar-refractivity contribution in [1.82, 2.24) is 15.5 Å². The van der Waals surface area contributed by atoms with Crippen LogP contribution in [0.5, 0.6) is 0 Å². The molecule has 0 spiro atoms. The molecule has 0 bridgehead atoms. The van der Waals surface area contributed by atoms with Crippen molar-refractivity contribution in [2.45, 2.75) is 64.8 Å². The number of nitrogens with zero attached hydrogens (tertiary/aromatic N) is 2. The molecule has 1 fully saturated rings. The van der Waals surface area contributed by atoms with Crippen LogP contribution in [0, 0.1) is 5.92 Å². The van der Waals surface area contributed by atoms with E-state index in [1.54, 1.807) is 0 Å². The predicted octanol–water partition coefficient (Wildman–Crippen LogP) is 2.90. The van der Waals surface area contributed by atoms with E-state index < -0.39 is 0 Å². The van der Waals surface area contributed by atoms with E-state index in [0.717, 1.165) is 30.6 Å². The van der Waals surface area contributed by atoms with E-state index in [9.17, 15) is 0 Å². The molecule has 4 heteroatoms. The number of hydrogen-bond donors (Lipinski definition) is 1. The highest BCUT2D eigenvalue weighted by Gasteiger charge is 2.23. The van der Waals surface area contributed by atoms with Gasteiger partial charge in [0, 0.05) is 24.9 Å². The Morgan fingerprint density at radius 3 is 2.67 bits per heavy atom.